The van der Waals surface area contributed by atoms with E-state index >= 15 is 0 Å². The maximum absolute atomic E-state index is 4.70. The molecule has 96 valence electrons. The molecule has 0 spiro atoms. The van der Waals surface area contributed by atoms with Crippen LogP contribution < -0.4 is 0 Å². The van der Waals surface area contributed by atoms with E-state index in [1.807, 2.05) is 30.3 Å². The lowest BCUT2D eigenvalue weighted by Crippen LogP contribution is -2.21. The molecule has 1 nitrogen and oxygen atoms in total. The SMILES string of the molecule is CC(C)(C)C(C#C[Si](C)(C)C)=Nc1ccccc1. The molecule has 2 heteroatoms. The lowest BCUT2D eigenvalue weighted by atomic mass is 9.90. The standard InChI is InChI=1S/C16H23NSi/c1-16(2,3)15(12-13-18(4,5)6)17-14-10-8-7-9-11-14/h7-11H,1-6H3. The quantitative estimate of drug-likeness (QED) is 0.393. The zero-order chi connectivity index (χ0) is 13.8. The summed E-state index contributed by atoms with van der Waals surface area (Å²) in [4.78, 5) is 4.70. The Bertz CT molecular complexity index is 476. The van der Waals surface area contributed by atoms with Crippen molar-refractivity contribution in [2.24, 2.45) is 10.4 Å². The van der Waals surface area contributed by atoms with Crippen LogP contribution >= 0.6 is 0 Å². The summed E-state index contributed by atoms with van der Waals surface area (Å²) < 4.78 is 0. The number of benzene rings is 1. The summed E-state index contributed by atoms with van der Waals surface area (Å²) in [5.41, 5.74) is 5.34. The zero-order valence-corrected chi connectivity index (χ0v) is 13.3. The largest absolute Gasteiger partial charge is 0.244 e. The monoisotopic (exact) mass is 257 g/mol. The molecule has 1 aromatic carbocycles. The zero-order valence-electron chi connectivity index (χ0n) is 12.3. The highest BCUT2D eigenvalue weighted by atomic mass is 28.3. The highest BCUT2D eigenvalue weighted by Crippen LogP contribution is 2.20. The number of nitrogens with zero attached hydrogens (tertiary/aromatic N) is 1. The Morgan fingerprint density at radius 1 is 1.06 bits per heavy atom. The van der Waals surface area contributed by atoms with Crippen LogP contribution in [0.2, 0.25) is 19.6 Å². The first-order chi connectivity index (χ1) is 8.18. The molecule has 0 bridgehead atoms. The Kier molecular flexibility index (Phi) is 4.53. The first-order valence-electron chi connectivity index (χ1n) is 6.36. The van der Waals surface area contributed by atoms with Crippen LogP contribution in [0.5, 0.6) is 0 Å². The molecule has 0 radical (unpaired) electrons. The third kappa shape index (κ3) is 5.33. The molecule has 0 aliphatic carbocycles. The number of hydrogen-bond acceptors (Lipinski definition) is 1. The average Bonchev–Trinajstić information content (AvgIpc) is 2.22. The fourth-order valence-electron chi connectivity index (χ4n) is 1.26. The maximum atomic E-state index is 4.70. The van der Waals surface area contributed by atoms with Crippen LogP contribution in [0.4, 0.5) is 5.69 Å². The first-order valence-corrected chi connectivity index (χ1v) is 9.86. The molecule has 0 fully saturated rings. The van der Waals surface area contributed by atoms with Crippen LogP contribution in [-0.2, 0) is 0 Å². The van der Waals surface area contributed by atoms with Crippen LogP contribution in [0, 0.1) is 16.9 Å². The summed E-state index contributed by atoms with van der Waals surface area (Å²) in [6, 6.07) is 10.0. The van der Waals surface area contributed by atoms with Gasteiger partial charge in [-0.3, -0.25) is 0 Å². The molecular weight excluding hydrogens is 234 g/mol. The van der Waals surface area contributed by atoms with Gasteiger partial charge in [0.15, 0.2) is 0 Å². The van der Waals surface area contributed by atoms with Gasteiger partial charge in [0.1, 0.15) is 8.07 Å². The average molecular weight is 257 g/mol. The van der Waals surface area contributed by atoms with Gasteiger partial charge < -0.3 is 0 Å². The van der Waals surface area contributed by atoms with Crippen LogP contribution in [0.25, 0.3) is 0 Å². The van der Waals surface area contributed by atoms with Crippen molar-refractivity contribution in [2.75, 3.05) is 0 Å². The molecule has 0 aromatic heterocycles. The summed E-state index contributed by atoms with van der Waals surface area (Å²) in [7, 11) is -1.36. The summed E-state index contributed by atoms with van der Waals surface area (Å²) >= 11 is 0. The molecule has 0 heterocycles. The Balaban J connectivity index is 3.15. The van der Waals surface area contributed by atoms with Crippen molar-refractivity contribution in [2.45, 2.75) is 40.4 Å². The van der Waals surface area contributed by atoms with Crippen molar-refractivity contribution in [3.63, 3.8) is 0 Å². The van der Waals surface area contributed by atoms with Gasteiger partial charge in [0, 0.05) is 5.41 Å². The van der Waals surface area contributed by atoms with E-state index in [9.17, 15) is 0 Å². The maximum Gasteiger partial charge on any atom is 0.129 e. The van der Waals surface area contributed by atoms with Gasteiger partial charge in [0.2, 0.25) is 0 Å². The van der Waals surface area contributed by atoms with E-state index in [1.165, 1.54) is 0 Å². The minimum absolute atomic E-state index is 0.0114. The molecule has 0 unspecified atom stereocenters. The van der Waals surface area contributed by atoms with E-state index in [-0.39, 0.29) is 5.41 Å². The van der Waals surface area contributed by atoms with Crippen LogP contribution in [0.3, 0.4) is 0 Å². The summed E-state index contributed by atoms with van der Waals surface area (Å²) in [6.07, 6.45) is 0. The van der Waals surface area contributed by atoms with Crippen molar-refractivity contribution >= 4 is 19.5 Å². The molecule has 1 aromatic rings. The highest BCUT2D eigenvalue weighted by Gasteiger charge is 2.18. The van der Waals surface area contributed by atoms with Gasteiger partial charge in [-0.15, -0.1) is 5.54 Å². The lowest BCUT2D eigenvalue weighted by molar-refractivity contribution is 0.596. The molecule has 0 saturated heterocycles. The molecule has 0 amide bonds. The molecule has 0 saturated carbocycles. The van der Waals surface area contributed by atoms with E-state index < -0.39 is 8.07 Å². The predicted octanol–water partition coefficient (Wildman–Crippen LogP) is 4.69. The fourth-order valence-corrected chi connectivity index (χ4v) is 1.75. The lowest BCUT2D eigenvalue weighted by Gasteiger charge is -2.17. The summed E-state index contributed by atoms with van der Waals surface area (Å²) in [6.45, 7) is 13.2. The van der Waals surface area contributed by atoms with Gasteiger partial charge in [0.05, 0.1) is 11.4 Å². The van der Waals surface area contributed by atoms with E-state index in [2.05, 4.69) is 51.9 Å². The van der Waals surface area contributed by atoms with Crippen molar-refractivity contribution in [3.05, 3.63) is 30.3 Å². The normalized spacial score (nSPS) is 12.9. The van der Waals surface area contributed by atoms with E-state index in [0.29, 0.717) is 0 Å². The van der Waals surface area contributed by atoms with E-state index in [0.717, 1.165) is 11.4 Å². The fraction of sp³-hybridized carbons (Fsp3) is 0.438. The van der Waals surface area contributed by atoms with Crippen molar-refractivity contribution in [1.82, 2.24) is 0 Å². The van der Waals surface area contributed by atoms with Crippen molar-refractivity contribution in [1.29, 1.82) is 0 Å². The summed E-state index contributed by atoms with van der Waals surface area (Å²) in [5, 5.41) is 0. The molecule has 0 aliphatic rings. The Labute approximate surface area is 112 Å². The molecule has 1 rings (SSSR count). The van der Waals surface area contributed by atoms with Gasteiger partial charge in [-0.25, -0.2) is 4.99 Å². The second-order valence-corrected chi connectivity index (χ2v) is 11.3. The van der Waals surface area contributed by atoms with Crippen LogP contribution in [0.1, 0.15) is 20.8 Å². The first kappa shape index (κ1) is 14.7. The molecule has 18 heavy (non-hydrogen) atoms. The topological polar surface area (TPSA) is 12.4 Å². The van der Waals surface area contributed by atoms with Gasteiger partial charge in [0.25, 0.3) is 0 Å². The second kappa shape index (κ2) is 5.54. The summed E-state index contributed by atoms with van der Waals surface area (Å²) in [5.74, 6) is 3.31. The minimum atomic E-state index is -1.36. The number of aliphatic imine (C=N–C) groups is 1. The molecular formula is C16H23NSi. The molecule has 0 aliphatic heterocycles. The highest BCUT2D eigenvalue weighted by molar-refractivity contribution is 6.84. The van der Waals surface area contributed by atoms with Crippen molar-refractivity contribution < 1.29 is 0 Å². The van der Waals surface area contributed by atoms with Gasteiger partial charge in [-0.1, -0.05) is 64.5 Å². The Hall–Kier alpha value is -1.33. The van der Waals surface area contributed by atoms with Crippen LogP contribution in [0.15, 0.2) is 35.3 Å². The predicted molar refractivity (Wildman–Crippen MR) is 84.1 cm³/mol. The molecule has 0 N–H and O–H groups in total. The second-order valence-electron chi connectivity index (χ2n) is 6.55. The molecule has 0 atom stereocenters. The third-order valence-corrected chi connectivity index (χ3v) is 3.14. The van der Waals surface area contributed by atoms with Crippen molar-refractivity contribution in [3.8, 4) is 11.5 Å². The van der Waals surface area contributed by atoms with Gasteiger partial charge in [-0.2, -0.15) is 0 Å². The Morgan fingerprint density at radius 3 is 2.06 bits per heavy atom. The third-order valence-electron chi connectivity index (χ3n) is 2.26. The van der Waals surface area contributed by atoms with Gasteiger partial charge in [-0.05, 0) is 12.1 Å². The Morgan fingerprint density at radius 2 is 1.61 bits per heavy atom. The minimum Gasteiger partial charge on any atom is -0.244 e. The number of rotatable bonds is 1. The van der Waals surface area contributed by atoms with E-state index in [4.69, 9.17) is 4.99 Å². The van der Waals surface area contributed by atoms with E-state index in [1.54, 1.807) is 0 Å². The smallest absolute Gasteiger partial charge is 0.129 e. The van der Waals surface area contributed by atoms with Gasteiger partial charge >= 0.3 is 0 Å². The number of hydrogen-bond donors (Lipinski definition) is 0. The number of para-hydroxylation sites is 1. The van der Waals surface area contributed by atoms with Crippen LogP contribution in [-0.4, -0.2) is 13.8 Å².